The van der Waals surface area contributed by atoms with Gasteiger partial charge in [-0.2, -0.15) is 0 Å². The molecule has 4 heteroatoms. The zero-order chi connectivity index (χ0) is 22.8. The van der Waals surface area contributed by atoms with E-state index in [0.29, 0.717) is 12.1 Å². The van der Waals surface area contributed by atoms with Crippen molar-refractivity contribution in [1.29, 1.82) is 0 Å². The summed E-state index contributed by atoms with van der Waals surface area (Å²) in [7, 11) is 0. The Hall–Kier alpha value is -3.63. The molecular formula is C29H27NO3. The number of fused-ring (bicyclic) bond motifs is 2. The molecule has 4 nitrogen and oxygen atoms in total. The first-order chi connectivity index (χ1) is 16.1. The van der Waals surface area contributed by atoms with Crippen LogP contribution in [-0.2, 0) is 0 Å². The van der Waals surface area contributed by atoms with Gasteiger partial charge in [0, 0.05) is 24.1 Å². The van der Waals surface area contributed by atoms with E-state index in [4.69, 9.17) is 4.74 Å². The van der Waals surface area contributed by atoms with Crippen LogP contribution in [0.5, 0.6) is 5.75 Å². The molecule has 2 N–H and O–H groups in total. The Balaban J connectivity index is 1.39. The molecule has 4 aromatic rings. The van der Waals surface area contributed by atoms with E-state index in [0.717, 1.165) is 23.3 Å². The van der Waals surface area contributed by atoms with Crippen molar-refractivity contribution in [2.45, 2.75) is 31.4 Å². The summed E-state index contributed by atoms with van der Waals surface area (Å²) in [6, 6.07) is 30.3. The van der Waals surface area contributed by atoms with Crippen molar-refractivity contribution < 1.29 is 14.6 Å². The second kappa shape index (κ2) is 9.08. The zero-order valence-corrected chi connectivity index (χ0v) is 18.6. The topological polar surface area (TPSA) is 58.6 Å². The van der Waals surface area contributed by atoms with E-state index in [2.05, 4.69) is 54.7 Å². The fraction of sp³-hybridized carbons (Fsp3) is 0.207. The van der Waals surface area contributed by atoms with Gasteiger partial charge in [-0.3, -0.25) is 0 Å². The molecule has 0 radical (unpaired) electrons. The van der Waals surface area contributed by atoms with Crippen LogP contribution in [0.1, 0.15) is 52.4 Å². The number of nitrogens with one attached hydrogen (secondary N) is 1. The Morgan fingerprint density at radius 3 is 2.48 bits per heavy atom. The number of hydrogen-bond acceptors (Lipinski definition) is 3. The molecule has 166 valence electrons. The number of benzene rings is 4. The molecule has 0 fully saturated rings. The molecule has 1 heterocycles. The summed E-state index contributed by atoms with van der Waals surface area (Å²) in [5, 5.41) is 15.9. The number of carbonyl (C=O) groups is 1. The van der Waals surface area contributed by atoms with Crippen molar-refractivity contribution >= 4 is 16.7 Å². The zero-order valence-electron chi connectivity index (χ0n) is 18.6. The third-order valence-electron chi connectivity index (χ3n) is 6.59. The Kier molecular flexibility index (Phi) is 5.84. The maximum absolute atomic E-state index is 11.9. The predicted octanol–water partition coefficient (Wildman–Crippen LogP) is 6.17. The van der Waals surface area contributed by atoms with E-state index in [1.54, 1.807) is 12.1 Å². The Bertz CT molecular complexity index is 1290. The lowest BCUT2D eigenvalue weighted by Gasteiger charge is -2.34. The summed E-state index contributed by atoms with van der Waals surface area (Å²) in [6.45, 7) is 2.85. The van der Waals surface area contributed by atoms with Crippen LogP contribution in [0.4, 0.5) is 0 Å². The molecule has 1 aliphatic rings. The molecule has 3 atom stereocenters. The minimum absolute atomic E-state index is 0.0260. The molecule has 0 aliphatic carbocycles. The minimum atomic E-state index is -0.895. The van der Waals surface area contributed by atoms with Gasteiger partial charge < -0.3 is 15.2 Å². The van der Waals surface area contributed by atoms with Crippen LogP contribution in [0.15, 0.2) is 91.0 Å². The average molecular weight is 438 g/mol. The van der Waals surface area contributed by atoms with Crippen LogP contribution in [0.2, 0.25) is 0 Å². The summed E-state index contributed by atoms with van der Waals surface area (Å²) in [5.74, 6) is -0.0886. The first-order valence-electron chi connectivity index (χ1n) is 11.4. The molecule has 0 amide bonds. The van der Waals surface area contributed by atoms with Gasteiger partial charge in [-0.1, -0.05) is 78.9 Å². The fourth-order valence-electron chi connectivity index (χ4n) is 4.95. The normalized spacial score (nSPS) is 18.3. The van der Waals surface area contributed by atoms with E-state index in [-0.39, 0.29) is 18.1 Å². The maximum atomic E-state index is 11.9. The lowest BCUT2D eigenvalue weighted by molar-refractivity contribution is 0.0694. The van der Waals surface area contributed by atoms with Gasteiger partial charge in [0.2, 0.25) is 0 Å². The number of carboxylic acid groups (broad SMARTS) is 1. The predicted molar refractivity (Wildman–Crippen MR) is 131 cm³/mol. The molecule has 0 bridgehead atoms. The number of carboxylic acids is 1. The second-order valence-corrected chi connectivity index (χ2v) is 8.66. The van der Waals surface area contributed by atoms with Crippen LogP contribution in [-0.4, -0.2) is 23.7 Å². The molecule has 0 aromatic heterocycles. The Morgan fingerprint density at radius 2 is 1.64 bits per heavy atom. The summed E-state index contributed by atoms with van der Waals surface area (Å²) in [4.78, 5) is 11.9. The summed E-state index contributed by atoms with van der Waals surface area (Å²) in [6.07, 6.45) is 0.653. The monoisotopic (exact) mass is 437 g/mol. The number of aromatic carboxylic acids is 1. The Labute approximate surface area is 193 Å². The van der Waals surface area contributed by atoms with Crippen molar-refractivity contribution in [1.82, 2.24) is 5.32 Å². The van der Waals surface area contributed by atoms with Crippen LogP contribution >= 0.6 is 0 Å². The number of rotatable bonds is 6. The summed E-state index contributed by atoms with van der Waals surface area (Å²) in [5.41, 5.74) is 3.50. The van der Waals surface area contributed by atoms with Crippen LogP contribution in [0, 0.1) is 0 Å². The van der Waals surface area contributed by atoms with Crippen molar-refractivity contribution in [2.75, 3.05) is 6.54 Å². The highest BCUT2D eigenvalue weighted by Crippen LogP contribution is 2.41. The largest absolute Gasteiger partial charge is 0.489 e. The van der Waals surface area contributed by atoms with Crippen molar-refractivity contribution in [2.24, 2.45) is 0 Å². The Morgan fingerprint density at radius 1 is 0.939 bits per heavy atom. The van der Waals surface area contributed by atoms with E-state index >= 15 is 0 Å². The number of ether oxygens (including phenoxy) is 1. The van der Waals surface area contributed by atoms with E-state index < -0.39 is 5.97 Å². The lowest BCUT2D eigenvalue weighted by Crippen LogP contribution is -2.37. The van der Waals surface area contributed by atoms with Crippen molar-refractivity contribution in [3.05, 3.63) is 113 Å². The van der Waals surface area contributed by atoms with Gasteiger partial charge in [0.1, 0.15) is 11.9 Å². The standard InChI is InChI=1S/C29H27NO3/c1-19(22-15-8-10-20-9-2-3-11-23(20)22)30-18-21-17-27(25-13-6-7-16-28(25)33-21)24-12-4-5-14-26(24)29(31)32/h2-16,19,21,27,30H,17-18H2,1H3,(H,31,32)/t19-,21-,27+/m1/s1. The molecule has 5 rings (SSSR count). The quantitative estimate of drug-likeness (QED) is 0.379. The molecule has 0 spiro atoms. The lowest BCUT2D eigenvalue weighted by atomic mass is 9.82. The third-order valence-corrected chi connectivity index (χ3v) is 6.59. The first-order valence-corrected chi connectivity index (χ1v) is 11.4. The SMILES string of the molecule is C[C@@H](NC[C@H]1C[C@@H](c2ccccc2C(=O)O)c2ccccc2O1)c1cccc2ccccc12. The number of hydrogen-bond donors (Lipinski definition) is 2. The van der Waals surface area contributed by atoms with Gasteiger partial charge >= 0.3 is 5.97 Å². The van der Waals surface area contributed by atoms with Gasteiger partial charge in [-0.05, 0) is 47.4 Å². The smallest absolute Gasteiger partial charge is 0.335 e. The van der Waals surface area contributed by atoms with E-state index in [1.165, 1.54) is 16.3 Å². The second-order valence-electron chi connectivity index (χ2n) is 8.66. The highest BCUT2D eigenvalue weighted by Gasteiger charge is 2.31. The number of para-hydroxylation sites is 1. The van der Waals surface area contributed by atoms with Crippen LogP contribution in [0.25, 0.3) is 10.8 Å². The molecule has 1 aliphatic heterocycles. The summed E-state index contributed by atoms with van der Waals surface area (Å²) < 4.78 is 6.35. The molecule has 4 aromatic carbocycles. The molecular weight excluding hydrogens is 410 g/mol. The van der Waals surface area contributed by atoms with Crippen molar-refractivity contribution in [3.63, 3.8) is 0 Å². The minimum Gasteiger partial charge on any atom is -0.489 e. The van der Waals surface area contributed by atoms with Gasteiger partial charge in [0.05, 0.1) is 5.56 Å². The highest BCUT2D eigenvalue weighted by molar-refractivity contribution is 5.90. The molecule has 0 unspecified atom stereocenters. The molecule has 33 heavy (non-hydrogen) atoms. The fourth-order valence-corrected chi connectivity index (χ4v) is 4.95. The maximum Gasteiger partial charge on any atom is 0.335 e. The third kappa shape index (κ3) is 4.22. The average Bonchev–Trinajstić information content (AvgIpc) is 2.86. The highest BCUT2D eigenvalue weighted by atomic mass is 16.5. The van der Waals surface area contributed by atoms with Gasteiger partial charge in [-0.15, -0.1) is 0 Å². The molecule has 0 saturated heterocycles. The van der Waals surface area contributed by atoms with Crippen LogP contribution < -0.4 is 10.1 Å². The van der Waals surface area contributed by atoms with Crippen molar-refractivity contribution in [3.8, 4) is 5.75 Å². The van der Waals surface area contributed by atoms with Gasteiger partial charge in [0.25, 0.3) is 0 Å². The molecule has 0 saturated carbocycles. The van der Waals surface area contributed by atoms with E-state index in [1.807, 2.05) is 36.4 Å². The van der Waals surface area contributed by atoms with Crippen LogP contribution in [0.3, 0.4) is 0 Å². The summed E-state index contributed by atoms with van der Waals surface area (Å²) >= 11 is 0. The van der Waals surface area contributed by atoms with Gasteiger partial charge in [0.15, 0.2) is 0 Å². The first kappa shape index (κ1) is 21.2. The van der Waals surface area contributed by atoms with Gasteiger partial charge in [-0.25, -0.2) is 4.79 Å². The van der Waals surface area contributed by atoms with E-state index in [9.17, 15) is 9.90 Å².